The maximum Gasteiger partial charge on any atom is 0.162 e. The fraction of sp³-hybridized carbons (Fsp3) is 0.474. The van der Waals surface area contributed by atoms with Crippen LogP contribution in [0.25, 0.3) is 22.8 Å². The molecule has 5 rings (SSSR count). The first-order valence-electron chi connectivity index (χ1n) is 16.4. The zero-order valence-corrected chi connectivity index (χ0v) is 29.7. The molecule has 0 saturated heterocycles. The van der Waals surface area contributed by atoms with Gasteiger partial charge in [-0.2, -0.15) is 23.5 Å². The Morgan fingerprint density at radius 1 is 0.587 bits per heavy atom. The molecule has 244 valence electrons. The molecule has 2 aromatic heterocycles. The van der Waals surface area contributed by atoms with Crippen molar-refractivity contribution in [3.8, 4) is 34.3 Å². The number of phenols is 2. The van der Waals surface area contributed by atoms with Crippen LogP contribution in [0.15, 0.2) is 61.2 Å². The van der Waals surface area contributed by atoms with Crippen molar-refractivity contribution in [3.63, 3.8) is 0 Å². The van der Waals surface area contributed by atoms with E-state index in [-0.39, 0.29) is 22.3 Å². The zero-order chi connectivity index (χ0) is 32.9. The van der Waals surface area contributed by atoms with Crippen LogP contribution in [0.2, 0.25) is 0 Å². The van der Waals surface area contributed by atoms with Crippen molar-refractivity contribution in [2.75, 3.05) is 0 Å². The van der Waals surface area contributed by atoms with Gasteiger partial charge in [0.15, 0.2) is 11.6 Å². The third-order valence-corrected chi connectivity index (χ3v) is 11.9. The first-order chi connectivity index (χ1) is 21.9. The normalized spacial score (nSPS) is 17.8. The van der Waals surface area contributed by atoms with Gasteiger partial charge in [-0.25, -0.2) is 19.9 Å². The Morgan fingerprint density at radius 2 is 0.957 bits per heavy atom. The Morgan fingerprint density at radius 3 is 1.30 bits per heavy atom. The smallest absolute Gasteiger partial charge is 0.162 e. The predicted molar refractivity (Wildman–Crippen MR) is 194 cm³/mol. The molecule has 6 nitrogen and oxygen atoms in total. The number of benzene rings is 2. The summed E-state index contributed by atoms with van der Waals surface area (Å²) in [7, 11) is 0. The quantitative estimate of drug-likeness (QED) is 0.194. The van der Waals surface area contributed by atoms with Crippen LogP contribution in [0.1, 0.15) is 102 Å². The van der Waals surface area contributed by atoms with E-state index < -0.39 is 0 Å². The minimum atomic E-state index is -0.0808. The molecule has 46 heavy (non-hydrogen) atoms. The van der Waals surface area contributed by atoms with Gasteiger partial charge in [-0.05, 0) is 59.1 Å². The van der Waals surface area contributed by atoms with E-state index in [1.807, 2.05) is 35.7 Å². The van der Waals surface area contributed by atoms with E-state index in [9.17, 15) is 10.2 Å². The van der Waals surface area contributed by atoms with Crippen molar-refractivity contribution >= 4 is 23.5 Å². The standard InChI is InChI=1S/C38H48N4O2S2/c1-37(2,3)27-19-25(33(43)29(21-27)35-39-15-11-16-40-35)23-45-31-13-9-7-8-10-14-32(31)46-24-26-20-28(38(4,5)6)22-30(34(26)44)36-41-17-12-18-42-36/h11-12,15-22,31-32,43-44H,7-10,13-14,23-24H2,1-6H3/t31-,32?/m0/s1. The van der Waals surface area contributed by atoms with Crippen LogP contribution in [-0.4, -0.2) is 40.6 Å². The van der Waals surface area contributed by atoms with E-state index in [1.165, 1.54) is 36.8 Å². The van der Waals surface area contributed by atoms with Gasteiger partial charge in [0.1, 0.15) is 11.5 Å². The molecular formula is C38H48N4O2S2. The van der Waals surface area contributed by atoms with Crippen LogP contribution in [0.5, 0.6) is 11.5 Å². The molecule has 1 unspecified atom stereocenters. The van der Waals surface area contributed by atoms with Gasteiger partial charge in [-0.3, -0.25) is 0 Å². The van der Waals surface area contributed by atoms with Crippen molar-refractivity contribution in [2.45, 2.75) is 113 Å². The molecule has 2 aromatic carbocycles. The minimum absolute atomic E-state index is 0.0808. The summed E-state index contributed by atoms with van der Waals surface area (Å²) in [6.07, 6.45) is 14.2. The van der Waals surface area contributed by atoms with Gasteiger partial charge >= 0.3 is 0 Å². The Kier molecular flexibility index (Phi) is 11.0. The van der Waals surface area contributed by atoms with Crippen LogP contribution in [0.4, 0.5) is 0 Å². The van der Waals surface area contributed by atoms with Gasteiger partial charge in [0.25, 0.3) is 0 Å². The summed E-state index contributed by atoms with van der Waals surface area (Å²) < 4.78 is 0. The summed E-state index contributed by atoms with van der Waals surface area (Å²) in [5, 5.41) is 23.8. The van der Waals surface area contributed by atoms with Crippen molar-refractivity contribution in [3.05, 3.63) is 83.4 Å². The second-order valence-electron chi connectivity index (χ2n) is 14.4. The zero-order valence-electron chi connectivity index (χ0n) is 28.1. The van der Waals surface area contributed by atoms with Gasteiger partial charge in [0.05, 0.1) is 11.1 Å². The summed E-state index contributed by atoms with van der Waals surface area (Å²) >= 11 is 3.92. The van der Waals surface area contributed by atoms with Crippen LogP contribution >= 0.6 is 23.5 Å². The molecule has 0 spiro atoms. The number of hydrogen-bond donors (Lipinski definition) is 2. The first kappa shape index (κ1) is 34.2. The molecular weight excluding hydrogens is 609 g/mol. The lowest BCUT2D eigenvalue weighted by Crippen LogP contribution is -2.22. The van der Waals surface area contributed by atoms with Gasteiger partial charge < -0.3 is 10.2 Å². The topological polar surface area (TPSA) is 92.0 Å². The highest BCUT2D eigenvalue weighted by Gasteiger charge is 2.27. The lowest BCUT2D eigenvalue weighted by molar-refractivity contribution is 0.470. The third kappa shape index (κ3) is 8.43. The van der Waals surface area contributed by atoms with Crippen molar-refractivity contribution in [1.82, 2.24) is 19.9 Å². The molecule has 0 bridgehead atoms. The Bertz CT molecular complexity index is 1480. The highest BCUT2D eigenvalue weighted by molar-refractivity contribution is 8.03. The maximum absolute atomic E-state index is 11.5. The van der Waals surface area contributed by atoms with E-state index in [4.69, 9.17) is 0 Å². The highest BCUT2D eigenvalue weighted by Crippen LogP contribution is 2.43. The Labute approximate surface area is 283 Å². The number of phenolic OH excluding ortho intramolecular Hbond substituents is 2. The fourth-order valence-electron chi connectivity index (χ4n) is 5.88. The molecule has 2 atom stereocenters. The molecule has 1 fully saturated rings. The van der Waals surface area contributed by atoms with E-state index in [0.717, 1.165) is 35.5 Å². The second kappa shape index (κ2) is 14.8. The molecule has 4 aromatic rings. The van der Waals surface area contributed by atoms with Crippen molar-refractivity contribution < 1.29 is 10.2 Å². The van der Waals surface area contributed by atoms with Crippen LogP contribution in [0, 0.1) is 0 Å². The SMILES string of the molecule is CC(C)(C)c1cc(CSC2CCCCCC[C@@H]2SCc2cc(C(C)(C)C)cc(-c3ncccn3)c2O)c(O)c(-c2ncccn2)c1. The van der Waals surface area contributed by atoms with E-state index in [2.05, 4.69) is 73.6 Å². The summed E-state index contributed by atoms with van der Waals surface area (Å²) in [6, 6.07) is 12.0. The van der Waals surface area contributed by atoms with Crippen molar-refractivity contribution in [1.29, 1.82) is 0 Å². The fourth-order valence-corrected chi connectivity index (χ4v) is 8.95. The van der Waals surface area contributed by atoms with E-state index in [1.54, 1.807) is 36.9 Å². The lowest BCUT2D eigenvalue weighted by Gasteiger charge is -2.30. The number of nitrogens with zero attached hydrogens (tertiary/aromatic N) is 4. The maximum atomic E-state index is 11.5. The Hall–Kier alpha value is -3.10. The average Bonchev–Trinajstić information content (AvgIpc) is 3.01. The number of aromatic nitrogens is 4. The molecule has 0 aliphatic heterocycles. The first-order valence-corrected chi connectivity index (χ1v) is 18.5. The lowest BCUT2D eigenvalue weighted by atomic mass is 9.84. The molecule has 2 heterocycles. The second-order valence-corrected chi connectivity index (χ2v) is 16.9. The summed E-state index contributed by atoms with van der Waals surface area (Å²) in [5.41, 5.74) is 5.44. The van der Waals surface area contributed by atoms with E-state index in [0.29, 0.717) is 33.3 Å². The van der Waals surface area contributed by atoms with Crippen LogP contribution < -0.4 is 0 Å². The Balaban J connectivity index is 1.41. The molecule has 0 radical (unpaired) electrons. The number of thioether (sulfide) groups is 2. The number of hydrogen-bond acceptors (Lipinski definition) is 8. The molecule has 1 aliphatic rings. The summed E-state index contributed by atoms with van der Waals surface area (Å²) in [6.45, 7) is 13.2. The van der Waals surface area contributed by atoms with Gasteiger partial charge in [-0.15, -0.1) is 0 Å². The van der Waals surface area contributed by atoms with Gasteiger partial charge in [0, 0.05) is 57.9 Å². The molecule has 8 heteroatoms. The summed E-state index contributed by atoms with van der Waals surface area (Å²) in [4.78, 5) is 17.8. The largest absolute Gasteiger partial charge is 0.507 e. The molecule has 1 aliphatic carbocycles. The van der Waals surface area contributed by atoms with Gasteiger partial charge in [-0.1, -0.05) is 79.4 Å². The van der Waals surface area contributed by atoms with E-state index >= 15 is 0 Å². The highest BCUT2D eigenvalue weighted by atomic mass is 32.2. The minimum Gasteiger partial charge on any atom is -0.507 e. The molecule has 1 saturated carbocycles. The third-order valence-electron chi connectivity index (χ3n) is 8.77. The molecule has 2 N–H and O–H groups in total. The van der Waals surface area contributed by atoms with Crippen molar-refractivity contribution in [2.24, 2.45) is 0 Å². The number of rotatable bonds is 8. The van der Waals surface area contributed by atoms with Crippen LogP contribution in [-0.2, 0) is 22.3 Å². The monoisotopic (exact) mass is 656 g/mol. The average molecular weight is 657 g/mol. The van der Waals surface area contributed by atoms with Gasteiger partial charge in [0.2, 0.25) is 0 Å². The molecule has 0 amide bonds. The number of aromatic hydroxyl groups is 2. The predicted octanol–water partition coefficient (Wildman–Crippen LogP) is 9.86. The van der Waals surface area contributed by atoms with Crippen LogP contribution in [0.3, 0.4) is 0 Å². The summed E-state index contributed by atoms with van der Waals surface area (Å²) in [5.74, 6) is 3.10.